The third-order valence-corrected chi connectivity index (χ3v) is 9.84. The van der Waals surface area contributed by atoms with Crippen molar-refractivity contribution in [3.8, 4) is 16.8 Å². The number of anilines is 1. The molecule has 0 spiro atoms. The van der Waals surface area contributed by atoms with Crippen molar-refractivity contribution < 1.29 is 14.4 Å². The zero-order valence-corrected chi connectivity index (χ0v) is 29.8. The lowest BCUT2D eigenvalue weighted by Crippen LogP contribution is -2.40. The predicted molar refractivity (Wildman–Crippen MR) is 199 cm³/mol. The zero-order valence-electron chi connectivity index (χ0n) is 29.8. The number of benzene rings is 1. The summed E-state index contributed by atoms with van der Waals surface area (Å²) in [4.78, 5) is 63.9. The van der Waals surface area contributed by atoms with Gasteiger partial charge in [0.2, 0.25) is 5.91 Å². The van der Waals surface area contributed by atoms with Gasteiger partial charge in [0.05, 0.1) is 11.9 Å². The smallest absolute Gasteiger partial charge is 0.268 e. The van der Waals surface area contributed by atoms with E-state index in [0.29, 0.717) is 60.1 Å². The molecule has 12 nitrogen and oxygen atoms in total. The molecule has 3 aromatic heterocycles. The maximum Gasteiger partial charge on any atom is 0.268 e. The Labute approximate surface area is 297 Å². The van der Waals surface area contributed by atoms with Gasteiger partial charge in [0.1, 0.15) is 17.1 Å². The van der Waals surface area contributed by atoms with Gasteiger partial charge in [0.25, 0.3) is 11.5 Å². The van der Waals surface area contributed by atoms with Crippen LogP contribution >= 0.6 is 0 Å². The van der Waals surface area contributed by atoms with Crippen molar-refractivity contribution in [3.63, 3.8) is 0 Å². The molecule has 2 aliphatic rings. The van der Waals surface area contributed by atoms with E-state index in [1.54, 1.807) is 48.4 Å². The Bertz CT molecular complexity index is 2100. The molecule has 1 aliphatic heterocycles. The van der Waals surface area contributed by atoms with E-state index in [4.69, 9.17) is 5.73 Å². The number of pyridine rings is 2. The predicted octanol–water partition coefficient (Wildman–Crippen LogP) is 5.27. The molecule has 4 aromatic rings. The third-order valence-electron chi connectivity index (χ3n) is 9.84. The molecule has 264 valence electrons. The SMILES string of the molecule is C=Nn1c(C2CCN(C(=O)C(C)C)CC2)cc(-c2ccc(NC(=O)c3cc4c(n(-c5cccnc5)c3=O)CC(C)(C)CC4=O)cc2)c1C(N)=NC. The fourth-order valence-electron chi connectivity index (χ4n) is 7.26. The van der Waals surface area contributed by atoms with Crippen LogP contribution < -0.4 is 16.6 Å². The van der Waals surface area contributed by atoms with E-state index in [-0.39, 0.29) is 34.5 Å². The molecule has 0 saturated carbocycles. The normalized spacial score (nSPS) is 16.2. The summed E-state index contributed by atoms with van der Waals surface area (Å²) in [5.74, 6) is -0.202. The van der Waals surface area contributed by atoms with E-state index in [2.05, 4.69) is 27.1 Å². The maximum absolute atomic E-state index is 13.9. The molecule has 12 heteroatoms. The Morgan fingerprint density at radius 3 is 2.35 bits per heavy atom. The molecular formula is C39H44N8O4. The lowest BCUT2D eigenvalue weighted by atomic mass is 9.75. The molecule has 2 amide bonds. The lowest BCUT2D eigenvalue weighted by Gasteiger charge is -2.33. The number of carbonyl (C=O) groups excluding carboxylic acids is 3. The second-order valence-electron chi connectivity index (χ2n) is 14.4. The number of Topliss-reactive ketones (excluding diaryl/α,β-unsaturated/α-hetero) is 1. The Hall–Kier alpha value is -5.65. The van der Waals surface area contributed by atoms with E-state index in [0.717, 1.165) is 29.7 Å². The van der Waals surface area contributed by atoms with Crippen molar-refractivity contribution in [3.05, 3.63) is 99.5 Å². The summed E-state index contributed by atoms with van der Waals surface area (Å²) in [6.45, 7) is 13.0. The molecule has 1 aromatic carbocycles. The largest absolute Gasteiger partial charge is 0.382 e. The number of fused-ring (bicyclic) bond motifs is 1. The molecule has 0 bridgehead atoms. The number of rotatable bonds is 8. The van der Waals surface area contributed by atoms with Crippen molar-refractivity contribution in [2.24, 2.45) is 27.2 Å². The van der Waals surface area contributed by atoms with Crippen LogP contribution in [0.1, 0.15) is 90.7 Å². The number of piperidine rings is 1. The zero-order chi connectivity index (χ0) is 36.6. The minimum Gasteiger partial charge on any atom is -0.382 e. The number of aliphatic imine (C=N–C) groups is 1. The van der Waals surface area contributed by atoms with Crippen LogP contribution in [0.25, 0.3) is 16.8 Å². The topological polar surface area (TPSA) is 157 Å². The van der Waals surface area contributed by atoms with Gasteiger partial charge in [0, 0.05) is 79.5 Å². The standard InChI is InChI=1S/C39H44N8O4/c1-23(2)37(50)45-16-13-25(14-17-45)31-19-28(34(35(40)41-5)47(31)42-6)24-9-11-26(12-10-24)44-36(49)30-18-29-32(20-39(3,4)21-33(29)48)46(38(30)51)27-8-7-15-43-22-27/h7-12,15,18-19,22-23,25H,6,13-14,16-17,20-21H2,1-5H3,(H2,40,41)(H,44,49). The van der Waals surface area contributed by atoms with Gasteiger partial charge >= 0.3 is 0 Å². The fraction of sp³-hybridized carbons (Fsp3) is 0.359. The Morgan fingerprint density at radius 1 is 1.04 bits per heavy atom. The molecule has 1 fully saturated rings. The molecule has 3 N–H and O–H groups in total. The highest BCUT2D eigenvalue weighted by molar-refractivity contribution is 6.07. The summed E-state index contributed by atoms with van der Waals surface area (Å²) in [5.41, 5.74) is 10.5. The average Bonchev–Trinajstić information content (AvgIpc) is 3.50. The van der Waals surface area contributed by atoms with E-state index < -0.39 is 11.5 Å². The maximum atomic E-state index is 13.9. The minimum absolute atomic E-state index is 0.0489. The highest BCUT2D eigenvalue weighted by Crippen LogP contribution is 2.37. The average molecular weight is 689 g/mol. The lowest BCUT2D eigenvalue weighted by molar-refractivity contribution is -0.135. The van der Waals surface area contributed by atoms with Crippen LogP contribution in [0, 0.1) is 11.3 Å². The summed E-state index contributed by atoms with van der Waals surface area (Å²) >= 11 is 0. The van der Waals surface area contributed by atoms with Crippen LogP contribution in [0.4, 0.5) is 5.69 Å². The number of nitrogens with two attached hydrogens (primary N) is 1. The number of aromatic nitrogens is 3. The monoisotopic (exact) mass is 688 g/mol. The first kappa shape index (κ1) is 35.2. The second kappa shape index (κ2) is 13.9. The molecule has 1 saturated heterocycles. The highest BCUT2D eigenvalue weighted by atomic mass is 16.2. The minimum atomic E-state index is -0.625. The van der Waals surface area contributed by atoms with Gasteiger partial charge in [-0.1, -0.05) is 39.8 Å². The summed E-state index contributed by atoms with van der Waals surface area (Å²) in [7, 11) is 1.62. The first-order chi connectivity index (χ1) is 24.3. The van der Waals surface area contributed by atoms with E-state index in [1.807, 2.05) is 50.8 Å². The van der Waals surface area contributed by atoms with Crippen LogP contribution in [-0.2, 0) is 11.2 Å². The molecule has 0 unspecified atom stereocenters. The first-order valence-corrected chi connectivity index (χ1v) is 17.2. The summed E-state index contributed by atoms with van der Waals surface area (Å²) in [5, 5.41) is 7.17. The molecular weight excluding hydrogens is 644 g/mol. The van der Waals surface area contributed by atoms with E-state index >= 15 is 0 Å². The number of likely N-dealkylation sites (tertiary alicyclic amines) is 1. The van der Waals surface area contributed by atoms with Gasteiger partial charge < -0.3 is 16.0 Å². The van der Waals surface area contributed by atoms with Crippen molar-refractivity contribution in [2.45, 2.75) is 59.3 Å². The van der Waals surface area contributed by atoms with Crippen LogP contribution in [0.15, 0.2) is 75.8 Å². The van der Waals surface area contributed by atoms with Crippen molar-refractivity contribution in [1.82, 2.24) is 19.1 Å². The third kappa shape index (κ3) is 6.78. The van der Waals surface area contributed by atoms with Crippen molar-refractivity contribution >= 4 is 35.8 Å². The number of carbonyl (C=O) groups is 3. The molecule has 51 heavy (non-hydrogen) atoms. The van der Waals surface area contributed by atoms with E-state index in [9.17, 15) is 19.2 Å². The molecule has 4 heterocycles. The van der Waals surface area contributed by atoms with Crippen LogP contribution in [0.2, 0.25) is 0 Å². The number of nitrogens with one attached hydrogen (secondary N) is 1. The van der Waals surface area contributed by atoms with E-state index in [1.165, 1.54) is 10.6 Å². The molecule has 6 rings (SSSR count). The van der Waals surface area contributed by atoms with Crippen LogP contribution in [0.3, 0.4) is 0 Å². The molecule has 0 atom stereocenters. The number of amides is 2. The van der Waals surface area contributed by atoms with Gasteiger partial charge in [-0.3, -0.25) is 33.7 Å². The number of nitrogens with zero attached hydrogens (tertiary/aromatic N) is 6. The summed E-state index contributed by atoms with van der Waals surface area (Å²) in [6, 6.07) is 14.1. The Morgan fingerprint density at radius 2 is 1.75 bits per heavy atom. The fourth-order valence-corrected chi connectivity index (χ4v) is 7.26. The van der Waals surface area contributed by atoms with Gasteiger partial charge in [-0.25, -0.2) is 4.68 Å². The quantitative estimate of drug-likeness (QED) is 0.190. The van der Waals surface area contributed by atoms with Crippen molar-refractivity contribution in [1.29, 1.82) is 0 Å². The summed E-state index contributed by atoms with van der Waals surface area (Å²) in [6.07, 6.45) is 5.52. The molecule has 0 radical (unpaired) electrons. The van der Waals surface area contributed by atoms with Crippen molar-refractivity contribution in [2.75, 3.05) is 25.5 Å². The number of ketones is 1. The first-order valence-electron chi connectivity index (χ1n) is 17.2. The van der Waals surface area contributed by atoms with Crippen LogP contribution in [-0.4, -0.2) is 69.4 Å². The number of hydrogen-bond acceptors (Lipinski definition) is 7. The van der Waals surface area contributed by atoms with Gasteiger partial charge in [-0.2, -0.15) is 5.10 Å². The Balaban J connectivity index is 1.31. The number of amidine groups is 1. The van der Waals surface area contributed by atoms with Gasteiger partial charge in [-0.15, -0.1) is 0 Å². The highest BCUT2D eigenvalue weighted by Gasteiger charge is 2.35. The molecule has 1 aliphatic carbocycles. The van der Waals surface area contributed by atoms with Gasteiger partial charge in [-0.05, 0) is 66.6 Å². The number of hydrogen-bond donors (Lipinski definition) is 2. The Kier molecular flexibility index (Phi) is 9.61. The van der Waals surface area contributed by atoms with Gasteiger partial charge in [0.15, 0.2) is 5.78 Å². The summed E-state index contributed by atoms with van der Waals surface area (Å²) < 4.78 is 3.19. The van der Waals surface area contributed by atoms with Crippen LogP contribution in [0.5, 0.6) is 0 Å². The second-order valence-corrected chi connectivity index (χ2v) is 14.4.